The molecule has 12 nitrogen and oxygen atoms in total. The number of fused-ring (bicyclic) bond motifs is 1. The summed E-state index contributed by atoms with van der Waals surface area (Å²) in [4.78, 5) is 63.2. The first-order chi connectivity index (χ1) is 30.2. The van der Waals surface area contributed by atoms with Gasteiger partial charge in [-0.2, -0.15) is 0 Å². The molecule has 3 N–H and O–H groups in total. The first kappa shape index (κ1) is 41.1. The first-order valence-corrected chi connectivity index (χ1v) is 22.2. The van der Waals surface area contributed by atoms with Crippen molar-refractivity contribution in [2.24, 2.45) is 5.92 Å². The summed E-state index contributed by atoms with van der Waals surface area (Å²) < 4.78 is 4.78. The topological polar surface area (TPSA) is 140 Å². The summed E-state index contributed by atoms with van der Waals surface area (Å²) in [6.07, 6.45) is 9.06. The molecule has 2 saturated heterocycles. The minimum Gasteiger partial charge on any atom is -0.453 e. The Bertz CT molecular complexity index is 2540. The van der Waals surface area contributed by atoms with Crippen molar-refractivity contribution in [2.45, 2.75) is 89.5 Å². The van der Waals surface area contributed by atoms with Crippen LogP contribution in [0.15, 0.2) is 103 Å². The van der Waals surface area contributed by atoms with Gasteiger partial charge in [0.05, 0.1) is 30.6 Å². The van der Waals surface area contributed by atoms with Gasteiger partial charge in [0.1, 0.15) is 23.7 Å². The van der Waals surface area contributed by atoms with Crippen LogP contribution in [0.25, 0.3) is 44.4 Å². The lowest BCUT2D eigenvalue weighted by molar-refractivity contribution is -0.139. The summed E-state index contributed by atoms with van der Waals surface area (Å²) in [5.74, 6) is 1.53. The van der Waals surface area contributed by atoms with Gasteiger partial charge in [-0.05, 0) is 90.6 Å². The van der Waals surface area contributed by atoms with Crippen LogP contribution in [0.3, 0.4) is 0 Å². The van der Waals surface area contributed by atoms with E-state index in [1.807, 2.05) is 49.3 Å². The van der Waals surface area contributed by atoms with Gasteiger partial charge in [0, 0.05) is 42.7 Å². The molecule has 3 fully saturated rings. The fourth-order valence-electron chi connectivity index (χ4n) is 9.56. The van der Waals surface area contributed by atoms with Gasteiger partial charge in [-0.15, -0.1) is 0 Å². The van der Waals surface area contributed by atoms with Crippen molar-refractivity contribution in [1.82, 2.24) is 40.0 Å². The molecule has 62 heavy (non-hydrogen) atoms. The lowest BCUT2D eigenvalue weighted by atomic mass is 9.98. The van der Waals surface area contributed by atoms with Crippen LogP contribution in [0, 0.1) is 5.92 Å². The van der Waals surface area contributed by atoms with Crippen LogP contribution in [-0.4, -0.2) is 91.4 Å². The third-order valence-electron chi connectivity index (χ3n) is 13.0. The number of benzene rings is 4. The number of rotatable bonds is 13. The second kappa shape index (κ2) is 17.6. The van der Waals surface area contributed by atoms with Crippen molar-refractivity contribution in [2.75, 3.05) is 26.7 Å². The molecular weight excluding hydrogens is 777 g/mol. The predicted molar refractivity (Wildman–Crippen MR) is 241 cm³/mol. The zero-order valence-electron chi connectivity index (χ0n) is 36.0. The van der Waals surface area contributed by atoms with Crippen LogP contribution in [0.5, 0.6) is 0 Å². The van der Waals surface area contributed by atoms with Gasteiger partial charge in [0.15, 0.2) is 0 Å². The number of hydrogen-bond donors (Lipinski definition) is 3. The zero-order valence-corrected chi connectivity index (χ0v) is 36.0. The number of likely N-dealkylation sites (N-methyl/N-ethyl adjacent to an activating group) is 1. The minimum absolute atomic E-state index is 0.0815. The normalized spacial score (nSPS) is 18.7. The van der Waals surface area contributed by atoms with E-state index in [4.69, 9.17) is 14.7 Å². The third-order valence-corrected chi connectivity index (χ3v) is 13.0. The molecule has 0 bridgehead atoms. The van der Waals surface area contributed by atoms with Crippen LogP contribution >= 0.6 is 0 Å². The Morgan fingerprint density at radius 3 is 1.85 bits per heavy atom. The fourth-order valence-corrected chi connectivity index (χ4v) is 9.56. The molecule has 320 valence electrons. The number of carbonyl (C=O) groups is 3. The molecule has 4 atom stereocenters. The van der Waals surface area contributed by atoms with E-state index in [0.29, 0.717) is 12.6 Å². The van der Waals surface area contributed by atoms with E-state index in [0.717, 1.165) is 113 Å². The Hall–Kier alpha value is -6.27. The van der Waals surface area contributed by atoms with Crippen molar-refractivity contribution in [3.8, 4) is 33.6 Å². The van der Waals surface area contributed by atoms with E-state index in [9.17, 15) is 14.4 Å². The number of alkyl carbamates (subject to hydrolysis) is 1. The molecule has 6 aromatic rings. The van der Waals surface area contributed by atoms with Crippen LogP contribution in [0.2, 0.25) is 0 Å². The van der Waals surface area contributed by atoms with Crippen LogP contribution in [0.4, 0.5) is 4.79 Å². The molecule has 0 radical (unpaired) electrons. The minimum atomic E-state index is -0.680. The summed E-state index contributed by atoms with van der Waals surface area (Å²) >= 11 is 0. The standard InChI is InChI=1S/C50H56N8O4/c1-5-56(39-23-24-39)45(34-11-7-6-8-12-34)49(60)58-26-10-14-43(58)47-51-29-40(53-47)33-17-15-32(16-18-33)35-19-20-37-28-38(22-21-36(37)27-35)41-30-52-46(54-41)42-13-9-25-57(42)48(59)44(31(2)3)55-50(61)62-4/h6-8,11-12,15-22,27-31,39,42-45H,5,9-10,13-14,23-26H2,1-4H3,(H,51,53)(H,52,54)(H,55,61)/t42-,43-,44-,45+/m0/s1. The molecule has 0 unspecified atom stereocenters. The van der Waals surface area contributed by atoms with E-state index < -0.39 is 12.1 Å². The molecule has 0 spiro atoms. The number of methoxy groups -OCH3 is 1. The number of amides is 3. The number of nitrogens with zero attached hydrogens (tertiary/aromatic N) is 5. The maximum Gasteiger partial charge on any atom is 0.407 e. The number of aromatic amines is 2. The van der Waals surface area contributed by atoms with Crippen molar-refractivity contribution in [3.05, 3.63) is 121 Å². The molecule has 1 saturated carbocycles. The summed E-state index contributed by atoms with van der Waals surface area (Å²) in [6, 6.07) is 30.9. The van der Waals surface area contributed by atoms with E-state index in [1.165, 1.54) is 7.11 Å². The Morgan fingerprint density at radius 1 is 0.726 bits per heavy atom. The smallest absolute Gasteiger partial charge is 0.407 e. The highest BCUT2D eigenvalue weighted by molar-refractivity contribution is 5.91. The number of hydrogen-bond acceptors (Lipinski definition) is 7. The van der Waals surface area contributed by atoms with Crippen LogP contribution in [0.1, 0.15) is 94.6 Å². The van der Waals surface area contributed by atoms with Gasteiger partial charge in [0.2, 0.25) is 11.8 Å². The average molecular weight is 833 g/mol. The van der Waals surface area contributed by atoms with E-state index in [-0.39, 0.29) is 35.9 Å². The van der Waals surface area contributed by atoms with E-state index in [2.05, 4.69) is 105 Å². The van der Waals surface area contributed by atoms with Crippen molar-refractivity contribution in [3.63, 3.8) is 0 Å². The highest BCUT2D eigenvalue weighted by atomic mass is 16.5. The number of nitrogens with one attached hydrogen (secondary N) is 3. The third kappa shape index (κ3) is 8.23. The second-order valence-electron chi connectivity index (χ2n) is 17.3. The molecule has 4 heterocycles. The second-order valence-corrected chi connectivity index (χ2v) is 17.3. The van der Waals surface area contributed by atoms with Gasteiger partial charge in [-0.25, -0.2) is 14.8 Å². The molecule has 3 aliphatic rings. The number of aromatic nitrogens is 4. The lowest BCUT2D eigenvalue weighted by Gasteiger charge is -2.35. The van der Waals surface area contributed by atoms with Gasteiger partial charge in [-0.1, -0.05) is 99.6 Å². The Balaban J connectivity index is 0.875. The number of likely N-dealkylation sites (tertiary alicyclic amines) is 2. The maximum atomic E-state index is 14.4. The number of ether oxygens (including phenoxy) is 1. The molecule has 2 aromatic heterocycles. The van der Waals surface area contributed by atoms with Crippen molar-refractivity contribution >= 4 is 28.7 Å². The largest absolute Gasteiger partial charge is 0.453 e. The predicted octanol–water partition coefficient (Wildman–Crippen LogP) is 9.22. The number of carbonyl (C=O) groups excluding carboxylic acids is 3. The molecule has 1 aliphatic carbocycles. The Labute approximate surface area is 363 Å². The average Bonchev–Trinajstić information content (AvgIpc) is 3.77. The van der Waals surface area contributed by atoms with Crippen molar-refractivity contribution < 1.29 is 19.1 Å². The highest BCUT2D eigenvalue weighted by Gasteiger charge is 2.42. The van der Waals surface area contributed by atoms with Crippen molar-refractivity contribution in [1.29, 1.82) is 0 Å². The summed E-state index contributed by atoms with van der Waals surface area (Å²) in [6.45, 7) is 8.17. The summed E-state index contributed by atoms with van der Waals surface area (Å²) in [5, 5.41) is 4.94. The lowest BCUT2D eigenvalue weighted by Crippen LogP contribution is -2.51. The highest BCUT2D eigenvalue weighted by Crippen LogP contribution is 2.40. The Morgan fingerprint density at radius 2 is 1.27 bits per heavy atom. The van der Waals surface area contributed by atoms with Gasteiger partial charge in [-0.3, -0.25) is 14.5 Å². The van der Waals surface area contributed by atoms with E-state index in [1.54, 1.807) is 0 Å². The summed E-state index contributed by atoms with van der Waals surface area (Å²) in [7, 11) is 1.30. The molecular formula is C50H56N8O4. The van der Waals surface area contributed by atoms with Crippen LogP contribution < -0.4 is 5.32 Å². The van der Waals surface area contributed by atoms with Gasteiger partial charge < -0.3 is 29.8 Å². The van der Waals surface area contributed by atoms with Gasteiger partial charge in [0.25, 0.3) is 0 Å². The maximum absolute atomic E-state index is 14.4. The monoisotopic (exact) mass is 832 g/mol. The van der Waals surface area contributed by atoms with Gasteiger partial charge >= 0.3 is 6.09 Å². The molecule has 4 aromatic carbocycles. The van der Waals surface area contributed by atoms with E-state index >= 15 is 0 Å². The first-order valence-electron chi connectivity index (χ1n) is 22.2. The number of imidazole rings is 2. The quantitative estimate of drug-likeness (QED) is 0.105. The molecule has 12 heteroatoms. The molecule has 9 rings (SSSR count). The number of H-pyrrole nitrogens is 2. The molecule has 2 aliphatic heterocycles. The Kier molecular flexibility index (Phi) is 11.7. The summed E-state index contributed by atoms with van der Waals surface area (Å²) in [5.41, 5.74) is 6.99. The molecule has 3 amide bonds. The SMILES string of the molecule is CCN(C1CC1)[C@@H](C(=O)N1CCC[C@H]1c1nc(-c2ccc(-c3ccc4cc(-c5c[nH]c([C@@H]6CCCN6C(=O)[C@@H](NC(=O)OC)C(C)C)n5)ccc4c3)cc2)c[nH]1)c1ccccc1. The van der Waals surface area contributed by atoms with Crippen LogP contribution in [-0.2, 0) is 14.3 Å². The zero-order chi connectivity index (χ0) is 42.9. The fraction of sp³-hybridized carbons (Fsp3) is 0.380.